The molecule has 0 bridgehead atoms. The lowest BCUT2D eigenvalue weighted by Crippen LogP contribution is -2.47. The third-order valence-electron chi connectivity index (χ3n) is 5.95. The summed E-state index contributed by atoms with van der Waals surface area (Å²) in [6, 6.07) is 3.77. The fourth-order valence-corrected chi connectivity index (χ4v) is 3.98. The van der Waals surface area contributed by atoms with E-state index in [2.05, 4.69) is 33.8 Å². The van der Waals surface area contributed by atoms with Gasteiger partial charge in [-0.15, -0.1) is 0 Å². The molecule has 4 aromatic heterocycles. The van der Waals surface area contributed by atoms with Gasteiger partial charge >= 0.3 is 0 Å². The van der Waals surface area contributed by atoms with Crippen LogP contribution in [0.25, 0.3) is 28.5 Å². The smallest absolute Gasteiger partial charge is 0.247 e. The molecule has 0 aromatic carbocycles. The minimum Gasteiger partial charge on any atom is -0.443 e. The number of anilines is 1. The quantitative estimate of drug-likeness (QED) is 0.458. The van der Waals surface area contributed by atoms with Gasteiger partial charge in [0.15, 0.2) is 17.3 Å². The van der Waals surface area contributed by atoms with Crippen molar-refractivity contribution in [1.29, 1.82) is 0 Å². The molecule has 5 heterocycles. The number of aryl methyl sites for hydroxylation is 1. The van der Waals surface area contributed by atoms with E-state index in [1.165, 1.54) is 12.5 Å². The second-order valence-electron chi connectivity index (χ2n) is 8.79. The first-order chi connectivity index (χ1) is 15.3. The molecule has 164 valence electrons. The number of fused-ring (bicyclic) bond motifs is 1. The summed E-state index contributed by atoms with van der Waals surface area (Å²) in [5.74, 6) is 0.173. The van der Waals surface area contributed by atoms with Gasteiger partial charge < -0.3 is 19.3 Å². The number of carbonyl (C=O) groups excluding carboxylic acids is 1. The van der Waals surface area contributed by atoms with E-state index in [4.69, 9.17) is 14.9 Å². The highest BCUT2D eigenvalue weighted by atomic mass is 16.5. The Morgan fingerprint density at radius 2 is 2.09 bits per heavy atom. The van der Waals surface area contributed by atoms with Crippen LogP contribution >= 0.6 is 0 Å². The Morgan fingerprint density at radius 3 is 2.78 bits per heavy atom. The molecule has 0 radical (unpaired) electrons. The first-order valence-electron chi connectivity index (χ1n) is 10.5. The van der Waals surface area contributed by atoms with E-state index in [9.17, 15) is 4.79 Å². The summed E-state index contributed by atoms with van der Waals surface area (Å²) in [7, 11) is 0. The van der Waals surface area contributed by atoms with Crippen molar-refractivity contribution < 1.29 is 13.9 Å². The fraction of sp³-hybridized carbons (Fsp3) is 0.348. The van der Waals surface area contributed by atoms with Crippen molar-refractivity contribution >= 4 is 17.2 Å². The molecule has 5 rings (SSSR count). The molecule has 32 heavy (non-hydrogen) atoms. The normalized spacial score (nSPS) is 17.4. The van der Waals surface area contributed by atoms with Gasteiger partial charge in [0.2, 0.25) is 5.89 Å². The zero-order chi connectivity index (χ0) is 22.5. The minimum atomic E-state index is -0.165. The van der Waals surface area contributed by atoms with Gasteiger partial charge in [-0.1, -0.05) is 13.8 Å². The number of ether oxygens (including phenoxy) is 1. The van der Waals surface area contributed by atoms with Gasteiger partial charge in [-0.25, -0.2) is 19.9 Å². The van der Waals surface area contributed by atoms with Gasteiger partial charge in [-0.05, 0) is 25.5 Å². The molecule has 4 aromatic rings. The second kappa shape index (κ2) is 7.52. The Balaban J connectivity index is 1.55. The molecule has 2 N–H and O–H groups in total. The van der Waals surface area contributed by atoms with Gasteiger partial charge in [0.05, 0.1) is 18.9 Å². The number of rotatable bonds is 6. The van der Waals surface area contributed by atoms with Crippen molar-refractivity contribution in [2.24, 2.45) is 5.41 Å². The SMILES string of the molecule is Cc1cnc2ccc(-c3nc(C(=O)CCC4OCC4(C)C)c(N)nc3-c3ncco3)cn12. The first-order valence-corrected chi connectivity index (χ1v) is 10.5. The summed E-state index contributed by atoms with van der Waals surface area (Å²) in [4.78, 5) is 30.7. The number of hydrogen-bond acceptors (Lipinski definition) is 8. The lowest BCUT2D eigenvalue weighted by atomic mass is 9.80. The number of ketones is 1. The molecule has 0 spiro atoms. The second-order valence-corrected chi connectivity index (χ2v) is 8.79. The van der Waals surface area contributed by atoms with Crippen LogP contribution in [-0.4, -0.2) is 42.8 Å². The topological polar surface area (TPSA) is 121 Å². The average Bonchev–Trinajstić information content (AvgIpc) is 3.43. The van der Waals surface area contributed by atoms with Crippen LogP contribution in [0.15, 0.2) is 41.4 Å². The summed E-state index contributed by atoms with van der Waals surface area (Å²) in [5.41, 5.74) is 9.78. The van der Waals surface area contributed by atoms with Gasteiger partial charge in [-0.2, -0.15) is 0 Å². The standard InChI is InChI=1S/C23H24N6O3/c1-13-10-26-17-7-4-14(11-29(13)17)18-20(22-25-8-9-31-22)28-21(24)19(27-18)15(30)5-6-16-23(2,3)12-32-16/h4,7-11,16H,5-6,12H2,1-3H3,(H2,24,28). The maximum absolute atomic E-state index is 13.0. The van der Waals surface area contributed by atoms with Gasteiger partial charge in [0.25, 0.3) is 0 Å². The fourth-order valence-electron chi connectivity index (χ4n) is 3.98. The molecule has 9 nitrogen and oxygen atoms in total. The van der Waals surface area contributed by atoms with E-state index in [1.54, 1.807) is 6.20 Å². The van der Waals surface area contributed by atoms with E-state index in [-0.39, 0.29) is 41.1 Å². The molecule has 9 heteroatoms. The maximum atomic E-state index is 13.0. The van der Waals surface area contributed by atoms with Crippen molar-refractivity contribution in [2.75, 3.05) is 12.3 Å². The lowest BCUT2D eigenvalue weighted by molar-refractivity contribution is -0.169. The van der Waals surface area contributed by atoms with Crippen LogP contribution in [0.4, 0.5) is 5.82 Å². The Labute approximate surface area is 184 Å². The molecule has 0 aliphatic carbocycles. The number of pyridine rings is 1. The number of aromatic nitrogens is 5. The molecule has 0 amide bonds. The number of oxazole rings is 1. The number of nitrogen functional groups attached to an aromatic ring is 1. The molecule has 1 aliphatic rings. The van der Waals surface area contributed by atoms with Gasteiger partial charge in [0, 0.05) is 35.5 Å². The number of Topliss-reactive ketones (excluding diaryl/α,β-unsaturated/α-hetero) is 1. The van der Waals surface area contributed by atoms with E-state index in [0.29, 0.717) is 24.4 Å². The van der Waals surface area contributed by atoms with Crippen LogP contribution < -0.4 is 5.73 Å². The summed E-state index contributed by atoms with van der Waals surface area (Å²) in [6.45, 7) is 6.94. The van der Waals surface area contributed by atoms with Crippen LogP contribution in [0.3, 0.4) is 0 Å². The summed E-state index contributed by atoms with van der Waals surface area (Å²) in [6.07, 6.45) is 7.64. The molecular weight excluding hydrogens is 408 g/mol. The van der Waals surface area contributed by atoms with Crippen LogP contribution in [0.1, 0.15) is 42.9 Å². The highest BCUT2D eigenvalue weighted by Gasteiger charge is 2.40. The van der Waals surface area contributed by atoms with Crippen molar-refractivity contribution in [3.05, 3.63) is 48.4 Å². The number of hydrogen-bond donors (Lipinski definition) is 1. The third-order valence-corrected chi connectivity index (χ3v) is 5.95. The minimum absolute atomic E-state index is 0.0540. The van der Waals surface area contributed by atoms with Gasteiger partial charge in [0.1, 0.15) is 23.3 Å². The zero-order valence-corrected chi connectivity index (χ0v) is 18.2. The molecule has 1 aliphatic heterocycles. The van der Waals surface area contributed by atoms with Crippen molar-refractivity contribution in [1.82, 2.24) is 24.3 Å². The highest BCUT2D eigenvalue weighted by Crippen LogP contribution is 2.37. The number of nitrogens with zero attached hydrogens (tertiary/aromatic N) is 5. The van der Waals surface area contributed by atoms with E-state index >= 15 is 0 Å². The molecule has 1 saturated heterocycles. The number of carbonyl (C=O) groups is 1. The Kier molecular flexibility index (Phi) is 4.78. The van der Waals surface area contributed by atoms with Crippen LogP contribution in [-0.2, 0) is 4.74 Å². The van der Waals surface area contributed by atoms with Crippen molar-refractivity contribution in [3.8, 4) is 22.8 Å². The Morgan fingerprint density at radius 1 is 1.25 bits per heavy atom. The molecular formula is C23H24N6O3. The largest absolute Gasteiger partial charge is 0.443 e. The van der Waals surface area contributed by atoms with Crippen LogP contribution in [0.5, 0.6) is 0 Å². The van der Waals surface area contributed by atoms with E-state index < -0.39 is 0 Å². The third kappa shape index (κ3) is 3.44. The summed E-state index contributed by atoms with van der Waals surface area (Å²) in [5, 5.41) is 0. The monoisotopic (exact) mass is 432 g/mol. The average molecular weight is 432 g/mol. The van der Waals surface area contributed by atoms with Gasteiger partial charge in [-0.3, -0.25) is 4.79 Å². The predicted octanol–water partition coefficient (Wildman–Crippen LogP) is 3.72. The Bertz CT molecular complexity index is 1310. The van der Waals surface area contributed by atoms with Crippen LogP contribution in [0, 0.1) is 12.3 Å². The van der Waals surface area contributed by atoms with Crippen LogP contribution in [0.2, 0.25) is 0 Å². The predicted molar refractivity (Wildman–Crippen MR) is 118 cm³/mol. The number of imidazole rings is 1. The van der Waals surface area contributed by atoms with E-state index in [1.807, 2.05) is 29.7 Å². The van der Waals surface area contributed by atoms with Crippen molar-refractivity contribution in [3.63, 3.8) is 0 Å². The maximum Gasteiger partial charge on any atom is 0.247 e. The molecule has 1 unspecified atom stereocenters. The highest BCUT2D eigenvalue weighted by molar-refractivity contribution is 5.99. The lowest BCUT2D eigenvalue weighted by Gasteiger charge is -2.44. The number of nitrogens with two attached hydrogens (primary N) is 1. The molecule has 1 fully saturated rings. The molecule has 0 saturated carbocycles. The van der Waals surface area contributed by atoms with E-state index in [0.717, 1.165) is 16.9 Å². The zero-order valence-electron chi connectivity index (χ0n) is 18.2. The summed E-state index contributed by atoms with van der Waals surface area (Å²) < 4.78 is 13.0. The Hall–Kier alpha value is -3.59. The van der Waals surface area contributed by atoms with Crippen molar-refractivity contribution in [2.45, 2.75) is 39.7 Å². The summed E-state index contributed by atoms with van der Waals surface area (Å²) >= 11 is 0. The molecule has 1 atom stereocenters. The first kappa shape index (κ1) is 20.3.